The van der Waals surface area contributed by atoms with Crippen molar-refractivity contribution in [1.82, 2.24) is 4.98 Å². The van der Waals surface area contributed by atoms with Crippen LogP contribution in [0.15, 0.2) is 12.1 Å². The Morgan fingerprint density at radius 3 is 2.42 bits per heavy atom. The fraction of sp³-hybridized carbons (Fsp3) is 0. The number of nitrogen functional groups attached to an aromatic ring is 1. The first-order chi connectivity index (χ1) is 5.09. The number of hydrogen-bond acceptors (Lipinski definition) is 2. The molecule has 0 amide bonds. The average molecular weight is 226 g/mol. The molecule has 0 aliphatic rings. The van der Waals surface area contributed by atoms with E-state index in [1.54, 1.807) is 0 Å². The monoisotopic (exact) mass is 225 g/mol. The number of nitrogens with one attached hydrogen (secondary N) is 1. The Kier molecular flexibility index (Phi) is 4.31. The van der Waals surface area contributed by atoms with E-state index in [-0.39, 0.29) is 23.4 Å². The van der Waals surface area contributed by atoms with Crippen molar-refractivity contribution < 1.29 is 0 Å². The number of nitrogens with zero attached hydrogens (tertiary/aromatic N) is 1. The number of hydrogen-bond donors (Lipinski definition) is 2. The molecule has 1 aromatic heterocycles. The molecule has 66 valence electrons. The molecular formula is C6H6Cl3N3. The zero-order valence-electron chi connectivity index (χ0n) is 5.84. The predicted molar refractivity (Wildman–Crippen MR) is 52.5 cm³/mol. The summed E-state index contributed by atoms with van der Waals surface area (Å²) in [6.45, 7) is 0. The van der Waals surface area contributed by atoms with E-state index in [9.17, 15) is 0 Å². The zero-order valence-corrected chi connectivity index (χ0v) is 8.17. The molecule has 0 unspecified atom stereocenters. The van der Waals surface area contributed by atoms with Gasteiger partial charge in [-0.25, -0.2) is 4.98 Å². The number of nitrogens with two attached hydrogens (primary N) is 1. The highest BCUT2D eigenvalue weighted by Gasteiger charge is 2.01. The van der Waals surface area contributed by atoms with Crippen LogP contribution in [0.3, 0.4) is 0 Å². The van der Waals surface area contributed by atoms with Crippen molar-refractivity contribution in [2.24, 2.45) is 5.73 Å². The van der Waals surface area contributed by atoms with Gasteiger partial charge in [0.2, 0.25) is 0 Å². The van der Waals surface area contributed by atoms with Gasteiger partial charge in [0.15, 0.2) is 0 Å². The lowest BCUT2D eigenvalue weighted by Crippen LogP contribution is -2.12. The first-order valence-electron chi connectivity index (χ1n) is 2.77. The molecule has 0 saturated carbocycles. The summed E-state index contributed by atoms with van der Waals surface area (Å²) >= 11 is 11.2. The summed E-state index contributed by atoms with van der Waals surface area (Å²) in [4.78, 5) is 3.76. The highest BCUT2D eigenvalue weighted by Crippen LogP contribution is 2.14. The summed E-state index contributed by atoms with van der Waals surface area (Å²) < 4.78 is 0. The maximum absolute atomic E-state index is 7.03. The second-order valence-corrected chi connectivity index (χ2v) is 2.73. The van der Waals surface area contributed by atoms with Crippen LogP contribution in [0, 0.1) is 5.41 Å². The van der Waals surface area contributed by atoms with Crippen LogP contribution in [-0.2, 0) is 0 Å². The van der Waals surface area contributed by atoms with Gasteiger partial charge in [-0.2, -0.15) is 0 Å². The van der Waals surface area contributed by atoms with Crippen molar-refractivity contribution in [3.8, 4) is 0 Å². The Morgan fingerprint density at radius 2 is 2.00 bits per heavy atom. The van der Waals surface area contributed by atoms with Gasteiger partial charge in [0.05, 0.1) is 0 Å². The van der Waals surface area contributed by atoms with Gasteiger partial charge < -0.3 is 5.73 Å². The molecule has 0 radical (unpaired) electrons. The molecule has 0 bridgehead atoms. The van der Waals surface area contributed by atoms with Gasteiger partial charge in [-0.1, -0.05) is 23.2 Å². The molecule has 0 saturated heterocycles. The van der Waals surface area contributed by atoms with Gasteiger partial charge >= 0.3 is 0 Å². The Labute approximate surface area is 85.8 Å². The normalized spacial score (nSPS) is 8.83. The molecule has 1 rings (SSSR count). The summed E-state index contributed by atoms with van der Waals surface area (Å²) in [5.74, 6) is -0.144. The zero-order chi connectivity index (χ0) is 8.43. The number of rotatable bonds is 1. The topological polar surface area (TPSA) is 62.8 Å². The van der Waals surface area contributed by atoms with Crippen molar-refractivity contribution in [2.45, 2.75) is 0 Å². The van der Waals surface area contributed by atoms with Crippen molar-refractivity contribution in [3.05, 3.63) is 28.0 Å². The number of aromatic nitrogens is 1. The SMILES string of the molecule is Cl.N=C(N)c1cc(Cl)cc(Cl)n1. The van der Waals surface area contributed by atoms with E-state index in [1.807, 2.05) is 0 Å². The molecule has 0 aliphatic heterocycles. The van der Waals surface area contributed by atoms with E-state index in [1.165, 1.54) is 12.1 Å². The Morgan fingerprint density at radius 1 is 1.42 bits per heavy atom. The Hall–Kier alpha value is -0.510. The molecular weight excluding hydrogens is 220 g/mol. The highest BCUT2D eigenvalue weighted by molar-refractivity contribution is 6.34. The molecule has 3 N–H and O–H groups in total. The van der Waals surface area contributed by atoms with Crippen molar-refractivity contribution >= 4 is 41.4 Å². The second-order valence-electron chi connectivity index (χ2n) is 1.91. The smallest absolute Gasteiger partial charge is 0.141 e. The largest absolute Gasteiger partial charge is 0.382 e. The van der Waals surface area contributed by atoms with Crippen LogP contribution in [-0.4, -0.2) is 10.8 Å². The van der Waals surface area contributed by atoms with E-state index in [0.29, 0.717) is 10.7 Å². The van der Waals surface area contributed by atoms with Crippen LogP contribution in [0.4, 0.5) is 0 Å². The number of halogens is 3. The second kappa shape index (κ2) is 4.50. The third kappa shape index (κ3) is 2.85. The summed E-state index contributed by atoms with van der Waals surface area (Å²) in [5.41, 5.74) is 5.45. The Balaban J connectivity index is 0.00000121. The van der Waals surface area contributed by atoms with E-state index in [0.717, 1.165) is 0 Å². The summed E-state index contributed by atoms with van der Waals surface area (Å²) in [6, 6.07) is 2.96. The molecule has 3 nitrogen and oxygen atoms in total. The maximum Gasteiger partial charge on any atom is 0.141 e. The third-order valence-corrected chi connectivity index (χ3v) is 1.45. The lowest BCUT2D eigenvalue weighted by atomic mass is 10.3. The van der Waals surface area contributed by atoms with E-state index < -0.39 is 0 Å². The van der Waals surface area contributed by atoms with Crippen LogP contribution in [0.1, 0.15) is 5.69 Å². The molecule has 0 spiro atoms. The van der Waals surface area contributed by atoms with Gasteiger partial charge in [0.25, 0.3) is 0 Å². The average Bonchev–Trinajstić information content (AvgIpc) is 1.85. The third-order valence-electron chi connectivity index (χ3n) is 1.03. The van der Waals surface area contributed by atoms with Crippen molar-refractivity contribution in [2.75, 3.05) is 0 Å². The van der Waals surface area contributed by atoms with Crippen LogP contribution < -0.4 is 5.73 Å². The lowest BCUT2D eigenvalue weighted by Gasteiger charge is -1.97. The maximum atomic E-state index is 7.03. The first-order valence-corrected chi connectivity index (χ1v) is 3.52. The molecule has 0 aromatic carbocycles. The molecule has 0 aliphatic carbocycles. The molecule has 0 atom stereocenters. The fourth-order valence-electron chi connectivity index (χ4n) is 0.604. The standard InChI is InChI=1S/C6H5Cl2N3.ClH/c7-3-1-4(6(9)10)11-5(8)2-3;/h1-2H,(H3,9,10);1H. The van der Waals surface area contributed by atoms with Gasteiger partial charge in [-0.3, -0.25) is 5.41 Å². The minimum absolute atomic E-state index is 0. The van der Waals surface area contributed by atoms with Crippen LogP contribution in [0.2, 0.25) is 10.2 Å². The minimum Gasteiger partial charge on any atom is -0.382 e. The molecule has 6 heteroatoms. The van der Waals surface area contributed by atoms with E-state index in [2.05, 4.69) is 4.98 Å². The quantitative estimate of drug-likeness (QED) is 0.438. The number of pyridine rings is 1. The molecule has 0 fully saturated rings. The first kappa shape index (κ1) is 11.5. The Bertz CT molecular complexity index is 280. The molecule has 12 heavy (non-hydrogen) atoms. The summed E-state index contributed by atoms with van der Waals surface area (Å²) in [5, 5.41) is 7.69. The highest BCUT2D eigenvalue weighted by atomic mass is 35.5. The van der Waals surface area contributed by atoms with E-state index in [4.69, 9.17) is 34.3 Å². The molecule has 1 aromatic rings. The van der Waals surface area contributed by atoms with Crippen LogP contribution in [0.5, 0.6) is 0 Å². The van der Waals surface area contributed by atoms with Gasteiger partial charge in [-0.05, 0) is 12.1 Å². The molecule has 1 heterocycles. The van der Waals surface area contributed by atoms with Crippen molar-refractivity contribution in [3.63, 3.8) is 0 Å². The summed E-state index contributed by atoms with van der Waals surface area (Å²) in [7, 11) is 0. The lowest BCUT2D eigenvalue weighted by molar-refractivity contribution is 1.26. The van der Waals surface area contributed by atoms with E-state index >= 15 is 0 Å². The van der Waals surface area contributed by atoms with Gasteiger partial charge in [-0.15, -0.1) is 12.4 Å². The van der Waals surface area contributed by atoms with Crippen molar-refractivity contribution in [1.29, 1.82) is 5.41 Å². The van der Waals surface area contributed by atoms with Gasteiger partial charge in [0, 0.05) is 5.02 Å². The predicted octanol–water partition coefficient (Wildman–Crippen LogP) is 2.09. The van der Waals surface area contributed by atoms with Crippen LogP contribution >= 0.6 is 35.6 Å². The van der Waals surface area contributed by atoms with Gasteiger partial charge in [0.1, 0.15) is 16.7 Å². The fourth-order valence-corrected chi connectivity index (χ4v) is 1.07. The summed E-state index contributed by atoms with van der Waals surface area (Å²) in [6.07, 6.45) is 0. The number of amidine groups is 1. The van der Waals surface area contributed by atoms with Crippen LogP contribution in [0.25, 0.3) is 0 Å². The minimum atomic E-state index is -0.144.